The van der Waals surface area contributed by atoms with Gasteiger partial charge in [0.05, 0.1) is 11.3 Å². The predicted molar refractivity (Wildman–Crippen MR) is 94.5 cm³/mol. The van der Waals surface area contributed by atoms with Crippen molar-refractivity contribution in [3.8, 4) is 16.8 Å². The maximum absolute atomic E-state index is 13.0. The second kappa shape index (κ2) is 5.37. The number of aromatic nitrogens is 3. The van der Waals surface area contributed by atoms with Gasteiger partial charge in [-0.3, -0.25) is 9.36 Å². The Morgan fingerprint density at radius 2 is 1.52 bits per heavy atom. The van der Waals surface area contributed by atoms with Crippen molar-refractivity contribution < 1.29 is 0 Å². The average molecular weight is 319 g/mol. The molecule has 0 spiro atoms. The SMILES string of the molecule is O=c1c(-c2c[nH]c3ccccc23)c[nH]c(=S)n1-c1ccccc1. The minimum Gasteiger partial charge on any atom is -0.361 e. The molecule has 0 aliphatic heterocycles. The smallest absolute Gasteiger partial charge is 0.266 e. The molecule has 2 heterocycles. The van der Waals surface area contributed by atoms with E-state index in [1.54, 1.807) is 6.20 Å². The normalized spacial score (nSPS) is 11.0. The molecule has 23 heavy (non-hydrogen) atoms. The number of H-pyrrole nitrogens is 2. The number of hydrogen-bond acceptors (Lipinski definition) is 2. The molecule has 0 saturated carbocycles. The fourth-order valence-electron chi connectivity index (χ4n) is 2.77. The maximum atomic E-state index is 13.0. The molecule has 2 N–H and O–H groups in total. The molecule has 112 valence electrons. The van der Waals surface area contributed by atoms with Gasteiger partial charge >= 0.3 is 0 Å². The molecule has 0 bridgehead atoms. The average Bonchev–Trinajstić information content (AvgIpc) is 3.00. The first kappa shape index (κ1) is 13.7. The van der Waals surface area contributed by atoms with Crippen LogP contribution in [0.1, 0.15) is 0 Å². The Morgan fingerprint density at radius 3 is 2.35 bits per heavy atom. The summed E-state index contributed by atoms with van der Waals surface area (Å²) in [5, 5.41) is 1.01. The van der Waals surface area contributed by atoms with Crippen molar-refractivity contribution in [2.24, 2.45) is 0 Å². The third kappa shape index (κ3) is 2.22. The van der Waals surface area contributed by atoms with Crippen molar-refractivity contribution in [1.82, 2.24) is 14.5 Å². The van der Waals surface area contributed by atoms with Crippen LogP contribution in [0.5, 0.6) is 0 Å². The summed E-state index contributed by atoms with van der Waals surface area (Å²) >= 11 is 5.31. The van der Waals surface area contributed by atoms with E-state index in [-0.39, 0.29) is 5.56 Å². The molecule has 5 heteroatoms. The van der Waals surface area contributed by atoms with Crippen LogP contribution in [-0.4, -0.2) is 14.5 Å². The summed E-state index contributed by atoms with van der Waals surface area (Å²) < 4.78 is 1.90. The number of para-hydroxylation sites is 2. The van der Waals surface area contributed by atoms with Crippen LogP contribution in [0.4, 0.5) is 0 Å². The summed E-state index contributed by atoms with van der Waals surface area (Å²) in [6.07, 6.45) is 3.54. The molecule has 0 amide bonds. The number of nitrogens with zero attached hydrogens (tertiary/aromatic N) is 1. The third-order valence-corrected chi connectivity index (χ3v) is 4.17. The molecule has 4 aromatic rings. The zero-order valence-corrected chi connectivity index (χ0v) is 12.9. The van der Waals surface area contributed by atoms with E-state index < -0.39 is 0 Å². The van der Waals surface area contributed by atoms with Crippen molar-refractivity contribution in [1.29, 1.82) is 0 Å². The van der Waals surface area contributed by atoms with Crippen molar-refractivity contribution in [2.45, 2.75) is 0 Å². The van der Waals surface area contributed by atoms with Crippen molar-refractivity contribution in [3.05, 3.63) is 82.1 Å². The summed E-state index contributed by atoms with van der Waals surface area (Å²) in [6, 6.07) is 17.3. The van der Waals surface area contributed by atoms with Gasteiger partial charge in [-0.15, -0.1) is 0 Å². The number of aromatic amines is 2. The number of nitrogens with one attached hydrogen (secondary N) is 2. The van der Waals surface area contributed by atoms with Gasteiger partial charge in [-0.2, -0.15) is 0 Å². The number of fused-ring (bicyclic) bond motifs is 1. The second-order valence-corrected chi connectivity index (χ2v) is 5.62. The molecule has 0 unspecified atom stereocenters. The molecule has 0 aliphatic rings. The first-order valence-electron chi connectivity index (χ1n) is 7.22. The lowest BCUT2D eigenvalue weighted by Gasteiger charge is -2.08. The zero-order chi connectivity index (χ0) is 15.8. The highest BCUT2D eigenvalue weighted by Gasteiger charge is 2.13. The van der Waals surface area contributed by atoms with Crippen LogP contribution in [0.3, 0.4) is 0 Å². The van der Waals surface area contributed by atoms with E-state index >= 15 is 0 Å². The number of hydrogen-bond donors (Lipinski definition) is 2. The Morgan fingerprint density at radius 1 is 0.826 bits per heavy atom. The van der Waals surface area contributed by atoms with Crippen LogP contribution in [0.25, 0.3) is 27.7 Å². The first-order chi connectivity index (χ1) is 11.3. The van der Waals surface area contributed by atoms with Gasteiger partial charge in [0.2, 0.25) is 0 Å². The highest BCUT2D eigenvalue weighted by Crippen LogP contribution is 2.26. The number of benzene rings is 2. The van der Waals surface area contributed by atoms with Crippen LogP contribution >= 0.6 is 12.2 Å². The highest BCUT2D eigenvalue weighted by molar-refractivity contribution is 7.71. The summed E-state index contributed by atoms with van der Waals surface area (Å²) in [4.78, 5) is 19.2. The molecular weight excluding hydrogens is 306 g/mol. The van der Waals surface area contributed by atoms with E-state index in [9.17, 15) is 4.79 Å². The minimum atomic E-state index is -0.135. The van der Waals surface area contributed by atoms with Crippen molar-refractivity contribution >= 4 is 23.1 Å². The lowest BCUT2D eigenvalue weighted by molar-refractivity contribution is 0.917. The van der Waals surface area contributed by atoms with Gasteiger partial charge in [0.15, 0.2) is 4.77 Å². The predicted octanol–water partition coefficient (Wildman–Crippen LogP) is 4.04. The van der Waals surface area contributed by atoms with Gasteiger partial charge < -0.3 is 9.97 Å². The van der Waals surface area contributed by atoms with Gasteiger partial charge in [0.25, 0.3) is 5.56 Å². The van der Waals surface area contributed by atoms with Crippen molar-refractivity contribution in [2.75, 3.05) is 0 Å². The monoisotopic (exact) mass is 319 g/mol. The molecule has 0 aliphatic carbocycles. The van der Waals surface area contributed by atoms with Gasteiger partial charge in [-0.1, -0.05) is 36.4 Å². The lowest BCUT2D eigenvalue weighted by atomic mass is 10.1. The van der Waals surface area contributed by atoms with Crippen LogP contribution in [0, 0.1) is 4.77 Å². The first-order valence-corrected chi connectivity index (χ1v) is 7.63. The zero-order valence-electron chi connectivity index (χ0n) is 12.1. The molecule has 0 atom stereocenters. The Balaban J connectivity index is 2.02. The van der Waals surface area contributed by atoms with Crippen molar-refractivity contribution in [3.63, 3.8) is 0 Å². The van der Waals surface area contributed by atoms with Gasteiger partial charge in [0.1, 0.15) is 0 Å². The highest BCUT2D eigenvalue weighted by atomic mass is 32.1. The minimum absolute atomic E-state index is 0.135. The molecule has 0 saturated heterocycles. The maximum Gasteiger partial charge on any atom is 0.266 e. The molecule has 0 radical (unpaired) electrons. The van der Waals surface area contributed by atoms with Crippen LogP contribution < -0.4 is 5.56 Å². The largest absolute Gasteiger partial charge is 0.361 e. The Kier molecular flexibility index (Phi) is 3.20. The standard InChI is InChI=1S/C18H13N3OS/c22-17-15(14-10-19-16-9-5-4-8-13(14)16)11-20-18(23)21(17)12-6-2-1-3-7-12/h1-11,19H,(H,20,23). The van der Waals surface area contributed by atoms with Crippen LogP contribution in [0.2, 0.25) is 0 Å². The Hall–Kier alpha value is -2.92. The van der Waals surface area contributed by atoms with E-state index in [2.05, 4.69) is 9.97 Å². The molecule has 0 fully saturated rings. The van der Waals surface area contributed by atoms with Crippen LogP contribution in [-0.2, 0) is 0 Å². The van der Waals surface area contributed by atoms with Gasteiger partial charge in [-0.25, -0.2) is 0 Å². The molecule has 2 aromatic heterocycles. The lowest BCUT2D eigenvalue weighted by Crippen LogP contribution is -2.21. The quantitative estimate of drug-likeness (QED) is 0.548. The van der Waals surface area contributed by atoms with E-state index in [0.29, 0.717) is 10.3 Å². The summed E-state index contributed by atoms with van der Waals surface area (Å²) in [5.41, 5.74) is 3.06. The molecule has 2 aromatic carbocycles. The summed E-state index contributed by atoms with van der Waals surface area (Å²) in [5.74, 6) is 0. The van der Waals surface area contributed by atoms with E-state index in [4.69, 9.17) is 12.2 Å². The molecule has 4 nitrogen and oxygen atoms in total. The number of rotatable bonds is 2. The fourth-order valence-corrected chi connectivity index (χ4v) is 3.02. The second-order valence-electron chi connectivity index (χ2n) is 5.23. The third-order valence-electron chi connectivity index (χ3n) is 3.87. The molecule has 4 rings (SSSR count). The van der Waals surface area contributed by atoms with Crippen LogP contribution in [0.15, 0.2) is 71.8 Å². The van der Waals surface area contributed by atoms with Gasteiger partial charge in [-0.05, 0) is 30.4 Å². The summed E-state index contributed by atoms with van der Waals surface area (Å²) in [6.45, 7) is 0. The van der Waals surface area contributed by atoms with E-state index in [1.807, 2.05) is 60.8 Å². The van der Waals surface area contributed by atoms with E-state index in [0.717, 1.165) is 22.2 Å². The fraction of sp³-hybridized carbons (Fsp3) is 0. The van der Waals surface area contributed by atoms with Gasteiger partial charge in [0, 0.05) is 28.9 Å². The molecular formula is C18H13N3OS. The Bertz CT molecular complexity index is 1110. The topological polar surface area (TPSA) is 53.6 Å². The van der Waals surface area contributed by atoms with E-state index in [1.165, 1.54) is 4.57 Å². The summed E-state index contributed by atoms with van der Waals surface area (Å²) in [7, 11) is 0. The Labute approximate surface area is 137 Å².